The van der Waals surface area contributed by atoms with Gasteiger partial charge >= 0.3 is 0 Å². The lowest BCUT2D eigenvalue weighted by atomic mass is 10.1. The summed E-state index contributed by atoms with van der Waals surface area (Å²) in [6.07, 6.45) is 0. The van der Waals surface area contributed by atoms with Gasteiger partial charge in [0.25, 0.3) is 5.91 Å². The second-order valence-corrected chi connectivity index (χ2v) is 3.83. The molecule has 0 spiro atoms. The summed E-state index contributed by atoms with van der Waals surface area (Å²) in [5, 5.41) is 21.4. The van der Waals surface area contributed by atoms with Crippen molar-refractivity contribution >= 4 is 5.91 Å². The number of phenols is 2. The van der Waals surface area contributed by atoms with Crippen molar-refractivity contribution in [1.82, 2.24) is 10.2 Å². The zero-order valence-corrected chi connectivity index (χ0v) is 10.1. The van der Waals surface area contributed by atoms with Gasteiger partial charge in [-0.1, -0.05) is 13.0 Å². The largest absolute Gasteiger partial charge is 0.504 e. The average molecular weight is 238 g/mol. The van der Waals surface area contributed by atoms with Crippen molar-refractivity contribution in [3.8, 4) is 11.5 Å². The van der Waals surface area contributed by atoms with Crippen molar-refractivity contribution in [2.75, 3.05) is 26.7 Å². The van der Waals surface area contributed by atoms with Gasteiger partial charge in [-0.3, -0.25) is 4.79 Å². The molecular weight excluding hydrogens is 220 g/mol. The third-order valence-electron chi connectivity index (χ3n) is 2.58. The Morgan fingerprint density at radius 2 is 2.12 bits per heavy atom. The van der Waals surface area contributed by atoms with Crippen LogP contribution >= 0.6 is 0 Å². The van der Waals surface area contributed by atoms with Crippen molar-refractivity contribution in [3.63, 3.8) is 0 Å². The number of hydrogen-bond donors (Lipinski definition) is 3. The van der Waals surface area contributed by atoms with Gasteiger partial charge in [0.15, 0.2) is 11.5 Å². The average Bonchev–Trinajstić information content (AvgIpc) is 2.32. The van der Waals surface area contributed by atoms with Gasteiger partial charge in [0, 0.05) is 13.1 Å². The summed E-state index contributed by atoms with van der Waals surface area (Å²) in [4.78, 5) is 13.7. The van der Waals surface area contributed by atoms with E-state index >= 15 is 0 Å². The summed E-state index contributed by atoms with van der Waals surface area (Å²) in [5.74, 6) is -1.06. The number of amides is 1. The Morgan fingerprint density at radius 3 is 2.76 bits per heavy atom. The molecule has 1 aromatic rings. The summed E-state index contributed by atoms with van der Waals surface area (Å²) >= 11 is 0. The maximum atomic E-state index is 11.7. The summed E-state index contributed by atoms with van der Waals surface area (Å²) in [6, 6.07) is 4.31. The third kappa shape index (κ3) is 3.64. The molecule has 0 fully saturated rings. The van der Waals surface area contributed by atoms with Gasteiger partial charge in [-0.15, -0.1) is 0 Å². The molecule has 5 nitrogen and oxygen atoms in total. The zero-order valence-electron chi connectivity index (χ0n) is 10.1. The Morgan fingerprint density at radius 1 is 1.41 bits per heavy atom. The molecule has 5 heteroatoms. The number of phenolic OH excluding ortho intramolecular Hbond substituents is 2. The van der Waals surface area contributed by atoms with Crippen LogP contribution < -0.4 is 5.32 Å². The Kier molecular flexibility index (Phi) is 4.78. The fourth-order valence-corrected chi connectivity index (χ4v) is 1.33. The SMILES string of the molecule is CCN(C)CCNC(=O)c1cccc(O)c1O. The maximum absolute atomic E-state index is 11.7. The summed E-state index contributed by atoms with van der Waals surface area (Å²) < 4.78 is 0. The van der Waals surface area contributed by atoms with Gasteiger partial charge in [-0.2, -0.15) is 0 Å². The van der Waals surface area contributed by atoms with E-state index in [9.17, 15) is 15.0 Å². The Hall–Kier alpha value is -1.75. The van der Waals surface area contributed by atoms with E-state index in [2.05, 4.69) is 10.2 Å². The summed E-state index contributed by atoms with van der Waals surface area (Å²) in [5.41, 5.74) is 0.0872. The highest BCUT2D eigenvalue weighted by molar-refractivity contribution is 5.97. The number of nitrogens with one attached hydrogen (secondary N) is 1. The highest BCUT2D eigenvalue weighted by Gasteiger charge is 2.13. The van der Waals surface area contributed by atoms with Gasteiger partial charge < -0.3 is 20.4 Å². The van der Waals surface area contributed by atoms with Crippen LogP contribution in [0.15, 0.2) is 18.2 Å². The first-order valence-corrected chi connectivity index (χ1v) is 5.54. The van der Waals surface area contributed by atoms with Gasteiger partial charge in [0.1, 0.15) is 0 Å². The minimum absolute atomic E-state index is 0.0872. The highest BCUT2D eigenvalue weighted by Crippen LogP contribution is 2.27. The molecule has 94 valence electrons. The quantitative estimate of drug-likeness (QED) is 0.663. The van der Waals surface area contributed by atoms with Gasteiger partial charge in [0.2, 0.25) is 0 Å². The summed E-state index contributed by atoms with van der Waals surface area (Å²) in [6.45, 7) is 4.18. The molecule has 1 amide bonds. The molecule has 17 heavy (non-hydrogen) atoms. The second-order valence-electron chi connectivity index (χ2n) is 3.83. The number of aromatic hydroxyl groups is 2. The van der Waals surface area contributed by atoms with Crippen LogP contribution in [-0.4, -0.2) is 47.7 Å². The molecule has 0 aliphatic heterocycles. The molecule has 1 rings (SSSR count). The molecule has 0 saturated carbocycles. The zero-order chi connectivity index (χ0) is 12.8. The van der Waals surface area contributed by atoms with E-state index in [0.29, 0.717) is 6.54 Å². The number of benzene rings is 1. The normalized spacial score (nSPS) is 10.5. The smallest absolute Gasteiger partial charge is 0.255 e. The van der Waals surface area contributed by atoms with Crippen molar-refractivity contribution < 1.29 is 15.0 Å². The van der Waals surface area contributed by atoms with Crippen LogP contribution in [0, 0.1) is 0 Å². The Balaban J connectivity index is 2.56. The lowest BCUT2D eigenvalue weighted by Gasteiger charge is -2.14. The van der Waals surface area contributed by atoms with E-state index < -0.39 is 0 Å². The predicted molar refractivity (Wildman–Crippen MR) is 65.3 cm³/mol. The molecule has 0 radical (unpaired) electrons. The monoisotopic (exact) mass is 238 g/mol. The predicted octanol–water partition coefficient (Wildman–Crippen LogP) is 0.779. The number of rotatable bonds is 5. The number of nitrogens with zero attached hydrogens (tertiary/aromatic N) is 1. The number of hydrogen-bond acceptors (Lipinski definition) is 4. The molecule has 0 saturated heterocycles. The molecule has 0 unspecified atom stereocenters. The second kappa shape index (κ2) is 6.10. The Bertz CT molecular complexity index is 393. The first-order chi connectivity index (χ1) is 8.06. The van der Waals surface area contributed by atoms with Crippen molar-refractivity contribution in [2.24, 2.45) is 0 Å². The van der Waals surface area contributed by atoms with E-state index in [0.717, 1.165) is 13.1 Å². The minimum atomic E-state index is -0.386. The fourth-order valence-electron chi connectivity index (χ4n) is 1.33. The lowest BCUT2D eigenvalue weighted by Crippen LogP contribution is -2.32. The van der Waals surface area contributed by atoms with E-state index in [1.807, 2.05) is 14.0 Å². The standard InChI is InChI=1S/C12H18N2O3/c1-3-14(2)8-7-13-12(17)9-5-4-6-10(15)11(9)16/h4-6,15-16H,3,7-8H2,1-2H3,(H,13,17). The first kappa shape index (κ1) is 13.3. The lowest BCUT2D eigenvalue weighted by molar-refractivity contribution is 0.0947. The van der Waals surface area contributed by atoms with E-state index in [4.69, 9.17) is 0 Å². The topological polar surface area (TPSA) is 72.8 Å². The van der Waals surface area contributed by atoms with Crippen molar-refractivity contribution in [2.45, 2.75) is 6.92 Å². The number of para-hydroxylation sites is 1. The van der Waals surface area contributed by atoms with E-state index in [1.165, 1.54) is 18.2 Å². The fraction of sp³-hybridized carbons (Fsp3) is 0.417. The minimum Gasteiger partial charge on any atom is -0.504 e. The molecule has 0 aliphatic carbocycles. The number of likely N-dealkylation sites (N-methyl/N-ethyl adjacent to an activating group) is 1. The first-order valence-electron chi connectivity index (χ1n) is 5.54. The van der Waals surface area contributed by atoms with E-state index in [1.54, 1.807) is 0 Å². The molecule has 3 N–H and O–H groups in total. The molecule has 0 bridgehead atoms. The molecule has 0 heterocycles. The van der Waals surface area contributed by atoms with Crippen LogP contribution in [-0.2, 0) is 0 Å². The van der Waals surface area contributed by atoms with Crippen LogP contribution in [0.5, 0.6) is 11.5 Å². The number of carbonyl (C=O) groups is 1. The molecule has 1 aromatic carbocycles. The van der Waals surface area contributed by atoms with Gasteiger partial charge in [-0.25, -0.2) is 0 Å². The van der Waals surface area contributed by atoms with Crippen LogP contribution in [0.1, 0.15) is 17.3 Å². The molecule has 0 aliphatic rings. The maximum Gasteiger partial charge on any atom is 0.255 e. The van der Waals surface area contributed by atoms with E-state index in [-0.39, 0.29) is 23.0 Å². The van der Waals surface area contributed by atoms with Gasteiger partial charge in [0.05, 0.1) is 5.56 Å². The van der Waals surface area contributed by atoms with Crippen LogP contribution in [0.25, 0.3) is 0 Å². The van der Waals surface area contributed by atoms with Crippen molar-refractivity contribution in [3.05, 3.63) is 23.8 Å². The summed E-state index contributed by atoms with van der Waals surface area (Å²) in [7, 11) is 1.96. The van der Waals surface area contributed by atoms with Crippen LogP contribution in [0.3, 0.4) is 0 Å². The van der Waals surface area contributed by atoms with Crippen LogP contribution in [0.4, 0.5) is 0 Å². The molecule has 0 aromatic heterocycles. The molecular formula is C12H18N2O3. The van der Waals surface area contributed by atoms with Crippen LogP contribution in [0.2, 0.25) is 0 Å². The van der Waals surface area contributed by atoms with Gasteiger partial charge in [-0.05, 0) is 25.7 Å². The van der Waals surface area contributed by atoms with Crippen molar-refractivity contribution in [1.29, 1.82) is 0 Å². The number of carbonyl (C=O) groups excluding carboxylic acids is 1. The Labute approximate surface area is 101 Å². The third-order valence-corrected chi connectivity index (χ3v) is 2.58. The highest BCUT2D eigenvalue weighted by atomic mass is 16.3. The molecule has 0 atom stereocenters.